The minimum absolute atomic E-state index is 0.101. The van der Waals surface area contributed by atoms with Crippen LogP contribution in [0, 0.1) is 0 Å². The van der Waals surface area contributed by atoms with Gasteiger partial charge in [0, 0.05) is 21.3 Å². The third-order valence-electron chi connectivity index (χ3n) is 2.15. The van der Waals surface area contributed by atoms with Gasteiger partial charge in [-0.15, -0.1) is 11.3 Å². The van der Waals surface area contributed by atoms with Crippen LogP contribution in [0.25, 0.3) is 0 Å². The quantitative estimate of drug-likeness (QED) is 0.757. The number of halogens is 2. The number of ketones is 1. The van der Waals surface area contributed by atoms with Gasteiger partial charge < -0.3 is 0 Å². The lowest BCUT2D eigenvalue weighted by atomic mass is 10.1. The number of Topliss-reactive ketones (excluding diaryl/α,β-unsaturated/α-hetero) is 1. The van der Waals surface area contributed by atoms with Gasteiger partial charge in [0.1, 0.15) is 0 Å². The van der Waals surface area contributed by atoms with Crippen molar-refractivity contribution >= 4 is 44.7 Å². The van der Waals surface area contributed by atoms with Crippen LogP contribution in [0.1, 0.15) is 15.2 Å². The number of carbonyl (C=O) groups is 1. The van der Waals surface area contributed by atoms with E-state index in [1.165, 1.54) is 11.3 Å². The zero-order valence-corrected chi connectivity index (χ0v) is 11.4. The molecule has 0 radical (unpaired) electrons. The van der Waals surface area contributed by atoms with Crippen LogP contribution in [0.3, 0.4) is 0 Å². The summed E-state index contributed by atoms with van der Waals surface area (Å²) in [6.07, 6.45) is 0.354. The molecule has 0 spiro atoms. The Morgan fingerprint density at radius 1 is 1.38 bits per heavy atom. The van der Waals surface area contributed by atoms with Crippen molar-refractivity contribution in [3.63, 3.8) is 0 Å². The van der Waals surface area contributed by atoms with E-state index in [0.29, 0.717) is 11.4 Å². The summed E-state index contributed by atoms with van der Waals surface area (Å²) in [6, 6.07) is 9.26. The van der Waals surface area contributed by atoms with E-state index in [0.717, 1.165) is 14.9 Å². The number of hydrogen-bond donors (Lipinski definition) is 0. The molecule has 0 saturated carbocycles. The van der Waals surface area contributed by atoms with Crippen LogP contribution in [0.2, 0.25) is 5.02 Å². The first-order chi connectivity index (χ1) is 7.66. The molecule has 0 N–H and O–H groups in total. The van der Waals surface area contributed by atoms with E-state index in [4.69, 9.17) is 11.6 Å². The highest BCUT2D eigenvalue weighted by Crippen LogP contribution is 2.23. The molecule has 1 heterocycles. The van der Waals surface area contributed by atoms with Crippen molar-refractivity contribution in [2.45, 2.75) is 6.42 Å². The van der Waals surface area contributed by atoms with Gasteiger partial charge in [0.2, 0.25) is 0 Å². The molecule has 0 amide bonds. The van der Waals surface area contributed by atoms with E-state index in [2.05, 4.69) is 15.9 Å². The zero-order valence-electron chi connectivity index (χ0n) is 8.24. The van der Waals surface area contributed by atoms with E-state index in [9.17, 15) is 4.79 Å². The number of carbonyl (C=O) groups excluding carboxylic acids is 1. The third-order valence-corrected chi connectivity index (χ3v) is 4.25. The maximum Gasteiger partial charge on any atom is 0.177 e. The predicted octanol–water partition coefficient (Wildman–Crippen LogP) is 4.59. The Bertz CT molecular complexity index is 521. The molecule has 0 aliphatic heterocycles. The van der Waals surface area contributed by atoms with Crippen LogP contribution in [0.5, 0.6) is 0 Å². The monoisotopic (exact) mass is 314 g/mol. The molecule has 82 valence electrons. The van der Waals surface area contributed by atoms with Gasteiger partial charge in [0.25, 0.3) is 0 Å². The molecule has 4 heteroatoms. The van der Waals surface area contributed by atoms with Crippen molar-refractivity contribution in [1.29, 1.82) is 0 Å². The number of rotatable bonds is 3. The lowest BCUT2D eigenvalue weighted by molar-refractivity contribution is 0.0997. The minimum Gasteiger partial charge on any atom is -0.293 e. The fourth-order valence-corrected chi connectivity index (χ4v) is 2.93. The first-order valence-electron chi connectivity index (χ1n) is 4.67. The van der Waals surface area contributed by atoms with E-state index in [1.807, 2.05) is 29.6 Å². The summed E-state index contributed by atoms with van der Waals surface area (Å²) in [7, 11) is 0. The molecule has 2 aromatic rings. The molecule has 0 fully saturated rings. The van der Waals surface area contributed by atoms with Gasteiger partial charge in [0.15, 0.2) is 5.78 Å². The summed E-state index contributed by atoms with van der Waals surface area (Å²) in [4.78, 5) is 12.7. The Kier molecular flexibility index (Phi) is 3.79. The normalized spacial score (nSPS) is 10.4. The summed E-state index contributed by atoms with van der Waals surface area (Å²) < 4.78 is 0.944. The second-order valence-corrected chi connectivity index (χ2v) is 5.55. The fourth-order valence-electron chi connectivity index (χ4n) is 1.36. The van der Waals surface area contributed by atoms with Crippen LogP contribution < -0.4 is 0 Å². The number of hydrogen-bond acceptors (Lipinski definition) is 2. The topological polar surface area (TPSA) is 17.1 Å². The lowest BCUT2D eigenvalue weighted by Gasteiger charge is -2.01. The molecule has 0 saturated heterocycles. The standard InChI is InChI=1S/C12H8BrClOS/c13-9-6-12(16-7-9)11(15)5-8-3-1-2-4-10(8)14/h1-4,6-7H,5H2. The van der Waals surface area contributed by atoms with E-state index < -0.39 is 0 Å². The minimum atomic E-state index is 0.101. The van der Waals surface area contributed by atoms with Gasteiger partial charge in [0.05, 0.1) is 4.88 Å². The molecule has 2 rings (SSSR count). The van der Waals surface area contributed by atoms with Crippen molar-refractivity contribution in [2.24, 2.45) is 0 Å². The van der Waals surface area contributed by atoms with Gasteiger partial charge in [-0.1, -0.05) is 29.8 Å². The molecule has 0 bridgehead atoms. The summed E-state index contributed by atoms with van der Waals surface area (Å²) in [5.41, 5.74) is 0.874. The average molecular weight is 316 g/mol. The Morgan fingerprint density at radius 2 is 2.12 bits per heavy atom. The number of benzene rings is 1. The Labute approximate surface area is 111 Å². The van der Waals surface area contributed by atoms with Crippen molar-refractivity contribution in [3.05, 3.63) is 55.6 Å². The van der Waals surface area contributed by atoms with E-state index in [1.54, 1.807) is 6.07 Å². The zero-order chi connectivity index (χ0) is 11.5. The highest BCUT2D eigenvalue weighted by molar-refractivity contribution is 9.10. The molecule has 0 aliphatic carbocycles. The molecule has 16 heavy (non-hydrogen) atoms. The van der Waals surface area contributed by atoms with Crippen LogP contribution >= 0.6 is 38.9 Å². The number of thiophene rings is 1. The molecule has 1 aromatic heterocycles. The van der Waals surface area contributed by atoms with Crippen molar-refractivity contribution in [3.8, 4) is 0 Å². The molecule has 0 unspecified atom stereocenters. The summed E-state index contributed by atoms with van der Waals surface area (Å²) in [5.74, 6) is 0.101. The molecule has 0 atom stereocenters. The molecular weight excluding hydrogens is 308 g/mol. The average Bonchev–Trinajstić information content (AvgIpc) is 2.68. The largest absolute Gasteiger partial charge is 0.293 e. The lowest BCUT2D eigenvalue weighted by Crippen LogP contribution is -2.01. The van der Waals surface area contributed by atoms with Crippen LogP contribution in [0.15, 0.2) is 40.2 Å². The first-order valence-corrected chi connectivity index (χ1v) is 6.72. The maximum absolute atomic E-state index is 11.9. The van der Waals surface area contributed by atoms with E-state index in [-0.39, 0.29) is 5.78 Å². The van der Waals surface area contributed by atoms with Crippen molar-refractivity contribution in [1.82, 2.24) is 0 Å². The molecule has 0 aliphatic rings. The highest BCUT2D eigenvalue weighted by atomic mass is 79.9. The van der Waals surface area contributed by atoms with Crippen molar-refractivity contribution < 1.29 is 4.79 Å². The highest BCUT2D eigenvalue weighted by Gasteiger charge is 2.11. The predicted molar refractivity (Wildman–Crippen MR) is 71.5 cm³/mol. The first kappa shape index (κ1) is 11.8. The summed E-state index contributed by atoms with van der Waals surface area (Å²) in [6.45, 7) is 0. The van der Waals surface area contributed by atoms with Crippen molar-refractivity contribution in [2.75, 3.05) is 0 Å². The van der Waals surface area contributed by atoms with Gasteiger partial charge >= 0.3 is 0 Å². The smallest absolute Gasteiger partial charge is 0.177 e. The van der Waals surface area contributed by atoms with Crippen LogP contribution in [-0.4, -0.2) is 5.78 Å². The van der Waals surface area contributed by atoms with Crippen LogP contribution in [0.4, 0.5) is 0 Å². The van der Waals surface area contributed by atoms with Gasteiger partial charge in [-0.25, -0.2) is 0 Å². The molecular formula is C12H8BrClOS. The SMILES string of the molecule is O=C(Cc1ccccc1Cl)c1cc(Br)cs1. The fraction of sp³-hybridized carbons (Fsp3) is 0.0833. The summed E-state index contributed by atoms with van der Waals surface area (Å²) in [5, 5.41) is 2.55. The van der Waals surface area contributed by atoms with Gasteiger partial charge in [-0.05, 0) is 33.6 Å². The Balaban J connectivity index is 2.17. The third kappa shape index (κ3) is 2.73. The molecule has 1 nitrogen and oxygen atoms in total. The second-order valence-electron chi connectivity index (χ2n) is 3.32. The van der Waals surface area contributed by atoms with Gasteiger partial charge in [-0.2, -0.15) is 0 Å². The Morgan fingerprint density at radius 3 is 2.75 bits per heavy atom. The van der Waals surface area contributed by atoms with Gasteiger partial charge in [-0.3, -0.25) is 4.79 Å². The van der Waals surface area contributed by atoms with E-state index >= 15 is 0 Å². The molecule has 1 aromatic carbocycles. The summed E-state index contributed by atoms with van der Waals surface area (Å²) >= 11 is 10.8. The Hall–Kier alpha value is -0.640. The second kappa shape index (κ2) is 5.13. The van der Waals surface area contributed by atoms with Crippen LogP contribution in [-0.2, 0) is 6.42 Å². The maximum atomic E-state index is 11.9.